The number of aryl methyl sites for hydroxylation is 1. The molecule has 2 aliphatic heterocycles. The zero-order valence-electron chi connectivity index (χ0n) is 22.7. The number of nitrogens with zero attached hydrogens (tertiary/aromatic N) is 3. The van der Waals surface area contributed by atoms with Crippen molar-refractivity contribution in [1.29, 1.82) is 0 Å². The first-order valence-electron chi connectivity index (χ1n) is 13.3. The molecule has 2 aromatic heterocycles. The Morgan fingerprint density at radius 1 is 1.10 bits per heavy atom. The largest absolute Gasteiger partial charge is 0.433 e. The standard InChI is InChI=1S/C28H26F3N5O2.C2H6/c1-18-2-4-22(35-27(37)20-6-7-33-26(13-20)28(29,30)31)14-23(18)21-12-25(36-8-10-38-11-9-36)24(34-17-21)5-3-19-15-32-16-19;1-2/h2,4,6-7,12-14,17,19,32H,8-11,15-16H2,1H3,(H,35,37);1-2H3. The van der Waals surface area contributed by atoms with Gasteiger partial charge in [-0.2, -0.15) is 13.2 Å². The third kappa shape index (κ3) is 6.97. The van der Waals surface area contributed by atoms with Crippen LogP contribution in [0.25, 0.3) is 11.1 Å². The number of halogens is 3. The summed E-state index contributed by atoms with van der Waals surface area (Å²) in [6, 6.07) is 9.40. The molecule has 2 fully saturated rings. The van der Waals surface area contributed by atoms with Crippen molar-refractivity contribution in [3.63, 3.8) is 0 Å². The smallest absolute Gasteiger partial charge is 0.378 e. The van der Waals surface area contributed by atoms with Gasteiger partial charge in [0.1, 0.15) is 11.4 Å². The first-order valence-corrected chi connectivity index (χ1v) is 13.3. The lowest BCUT2D eigenvalue weighted by atomic mass is 9.99. The van der Waals surface area contributed by atoms with Gasteiger partial charge in [0.2, 0.25) is 0 Å². The lowest BCUT2D eigenvalue weighted by Gasteiger charge is -2.30. The Labute approximate surface area is 232 Å². The molecule has 0 unspecified atom stereocenters. The average Bonchev–Trinajstić information content (AvgIpc) is 2.94. The second-order valence-corrected chi connectivity index (χ2v) is 9.23. The quantitative estimate of drug-likeness (QED) is 0.437. The highest BCUT2D eigenvalue weighted by Gasteiger charge is 2.33. The Morgan fingerprint density at radius 3 is 2.52 bits per heavy atom. The summed E-state index contributed by atoms with van der Waals surface area (Å²) < 4.78 is 44.6. The van der Waals surface area contributed by atoms with E-state index in [0.29, 0.717) is 30.5 Å². The highest BCUT2D eigenvalue weighted by Crippen LogP contribution is 2.32. The van der Waals surface area contributed by atoms with Crippen molar-refractivity contribution in [2.75, 3.05) is 49.6 Å². The maximum absolute atomic E-state index is 13.0. The van der Waals surface area contributed by atoms with Gasteiger partial charge in [-0.15, -0.1) is 0 Å². The summed E-state index contributed by atoms with van der Waals surface area (Å²) >= 11 is 0. The summed E-state index contributed by atoms with van der Waals surface area (Å²) in [5, 5.41) is 5.92. The molecular weight excluding hydrogens is 519 g/mol. The maximum Gasteiger partial charge on any atom is 0.433 e. The molecule has 2 N–H and O–H groups in total. The molecule has 2 saturated heterocycles. The molecule has 0 radical (unpaired) electrons. The zero-order valence-corrected chi connectivity index (χ0v) is 22.7. The molecule has 0 atom stereocenters. The van der Waals surface area contributed by atoms with E-state index in [9.17, 15) is 18.0 Å². The van der Waals surface area contributed by atoms with Crippen LogP contribution >= 0.6 is 0 Å². The molecule has 5 rings (SSSR count). The molecule has 0 saturated carbocycles. The summed E-state index contributed by atoms with van der Waals surface area (Å²) in [5.41, 5.74) is 3.50. The van der Waals surface area contributed by atoms with Crippen molar-refractivity contribution in [2.45, 2.75) is 26.9 Å². The molecule has 3 aromatic rings. The van der Waals surface area contributed by atoms with Crippen LogP contribution in [0, 0.1) is 24.7 Å². The topological polar surface area (TPSA) is 79.4 Å². The fraction of sp³-hybridized carbons (Fsp3) is 0.367. The molecular formula is C30H32F3N5O2. The molecule has 1 amide bonds. The Morgan fingerprint density at radius 2 is 1.85 bits per heavy atom. The number of rotatable bonds is 4. The monoisotopic (exact) mass is 551 g/mol. The van der Waals surface area contributed by atoms with Crippen molar-refractivity contribution < 1.29 is 22.7 Å². The van der Waals surface area contributed by atoms with Crippen molar-refractivity contribution in [2.24, 2.45) is 5.92 Å². The number of hydrogen-bond donors (Lipinski definition) is 2. The molecule has 40 heavy (non-hydrogen) atoms. The molecule has 210 valence electrons. The second-order valence-electron chi connectivity index (χ2n) is 9.23. The molecule has 2 aliphatic rings. The predicted octanol–water partition coefficient (Wildman–Crippen LogP) is 5.16. The van der Waals surface area contributed by atoms with Crippen LogP contribution in [0.5, 0.6) is 0 Å². The van der Waals surface area contributed by atoms with Gasteiger partial charge in [-0.25, -0.2) is 4.98 Å². The van der Waals surface area contributed by atoms with Gasteiger partial charge in [0.15, 0.2) is 0 Å². The number of carbonyl (C=O) groups excluding carboxylic acids is 1. The van der Waals surface area contributed by atoms with Crippen LogP contribution in [0.3, 0.4) is 0 Å². The van der Waals surface area contributed by atoms with Gasteiger partial charge >= 0.3 is 6.18 Å². The summed E-state index contributed by atoms with van der Waals surface area (Å²) in [7, 11) is 0. The number of pyridine rings is 2. The van der Waals surface area contributed by atoms with E-state index in [1.807, 2.05) is 32.9 Å². The number of morpholine rings is 1. The van der Waals surface area contributed by atoms with Crippen LogP contribution in [0.15, 0.2) is 48.8 Å². The minimum atomic E-state index is -4.64. The third-order valence-electron chi connectivity index (χ3n) is 6.51. The van der Waals surface area contributed by atoms with E-state index in [-0.39, 0.29) is 5.56 Å². The number of anilines is 2. The van der Waals surface area contributed by atoms with Gasteiger partial charge in [-0.05, 0) is 54.3 Å². The number of aromatic nitrogens is 2. The van der Waals surface area contributed by atoms with Gasteiger partial charge in [-0.1, -0.05) is 25.8 Å². The van der Waals surface area contributed by atoms with E-state index < -0.39 is 17.8 Å². The van der Waals surface area contributed by atoms with Gasteiger partial charge < -0.3 is 20.3 Å². The highest BCUT2D eigenvalue weighted by molar-refractivity contribution is 6.04. The molecule has 0 aliphatic carbocycles. The van der Waals surface area contributed by atoms with E-state index in [0.717, 1.165) is 60.8 Å². The minimum Gasteiger partial charge on any atom is -0.378 e. The molecule has 0 bridgehead atoms. The van der Waals surface area contributed by atoms with Crippen LogP contribution in [-0.2, 0) is 10.9 Å². The minimum absolute atomic E-state index is 0.129. The molecule has 1 aromatic carbocycles. The summed E-state index contributed by atoms with van der Waals surface area (Å²) in [6.45, 7) is 10.4. The van der Waals surface area contributed by atoms with E-state index in [4.69, 9.17) is 9.72 Å². The molecule has 10 heteroatoms. The normalized spacial score (nSPS) is 15.2. The Balaban J connectivity index is 0.00000181. The maximum atomic E-state index is 13.0. The zero-order chi connectivity index (χ0) is 28.7. The van der Waals surface area contributed by atoms with E-state index in [1.165, 1.54) is 6.07 Å². The Hall–Kier alpha value is -3.94. The summed E-state index contributed by atoms with van der Waals surface area (Å²) in [5.74, 6) is 6.21. The number of amides is 1. The highest BCUT2D eigenvalue weighted by atomic mass is 19.4. The van der Waals surface area contributed by atoms with Crippen LogP contribution in [0.2, 0.25) is 0 Å². The first-order chi connectivity index (χ1) is 19.3. The SMILES string of the molecule is CC.Cc1ccc(NC(=O)c2ccnc(C(F)(F)F)c2)cc1-c1cnc(C#CC2CNC2)c(N2CCOCC2)c1. The molecule has 7 nitrogen and oxygen atoms in total. The Kier molecular flexibility index (Phi) is 9.40. The summed E-state index contributed by atoms with van der Waals surface area (Å²) in [4.78, 5) is 23.0. The van der Waals surface area contributed by atoms with Gasteiger partial charge in [0.25, 0.3) is 5.91 Å². The third-order valence-corrected chi connectivity index (χ3v) is 6.51. The van der Waals surface area contributed by atoms with Gasteiger partial charge in [0.05, 0.1) is 18.9 Å². The average molecular weight is 552 g/mol. The number of carbonyl (C=O) groups is 1. The van der Waals surface area contributed by atoms with Crippen molar-refractivity contribution >= 4 is 17.3 Å². The Bertz CT molecular complexity index is 1400. The van der Waals surface area contributed by atoms with Crippen LogP contribution in [-0.4, -0.2) is 55.3 Å². The number of benzene rings is 1. The molecule has 0 spiro atoms. The number of hydrogen-bond acceptors (Lipinski definition) is 6. The first kappa shape index (κ1) is 29.1. The summed E-state index contributed by atoms with van der Waals surface area (Å²) in [6.07, 6.45) is -1.90. The number of alkyl halides is 3. The van der Waals surface area contributed by atoms with Crippen molar-refractivity contribution in [3.05, 3.63) is 71.3 Å². The molecule has 4 heterocycles. The van der Waals surface area contributed by atoms with Crippen LogP contribution < -0.4 is 15.5 Å². The van der Waals surface area contributed by atoms with E-state index in [2.05, 4.69) is 32.4 Å². The fourth-order valence-corrected chi connectivity index (χ4v) is 4.24. The lowest BCUT2D eigenvalue weighted by Crippen LogP contribution is -2.41. The van der Waals surface area contributed by atoms with Gasteiger partial charge in [-0.3, -0.25) is 9.78 Å². The fourth-order valence-electron chi connectivity index (χ4n) is 4.24. The van der Waals surface area contributed by atoms with Crippen LogP contribution in [0.1, 0.15) is 41.2 Å². The van der Waals surface area contributed by atoms with Crippen molar-refractivity contribution in [1.82, 2.24) is 15.3 Å². The number of nitrogens with one attached hydrogen (secondary N) is 2. The van der Waals surface area contributed by atoms with E-state index in [1.54, 1.807) is 18.3 Å². The lowest BCUT2D eigenvalue weighted by molar-refractivity contribution is -0.141. The van der Waals surface area contributed by atoms with E-state index >= 15 is 0 Å². The second kappa shape index (κ2) is 12.9. The van der Waals surface area contributed by atoms with Crippen LogP contribution in [0.4, 0.5) is 24.5 Å². The predicted molar refractivity (Wildman–Crippen MR) is 149 cm³/mol. The number of ether oxygens (including phenoxy) is 1. The van der Waals surface area contributed by atoms with Crippen molar-refractivity contribution in [3.8, 4) is 23.0 Å². The van der Waals surface area contributed by atoms with Gasteiger partial charge in [0, 0.05) is 61.3 Å².